The number of sulfonamides is 1. The lowest BCUT2D eigenvalue weighted by atomic mass is 10.2. The van der Waals surface area contributed by atoms with E-state index in [1.807, 2.05) is 31.2 Å². The van der Waals surface area contributed by atoms with Gasteiger partial charge >= 0.3 is 0 Å². The van der Waals surface area contributed by atoms with Gasteiger partial charge in [-0.2, -0.15) is 4.31 Å². The summed E-state index contributed by atoms with van der Waals surface area (Å²) in [5.41, 5.74) is 0. The minimum Gasteiger partial charge on any atom is -0.486 e. The first-order valence-electron chi connectivity index (χ1n) is 9.36. The van der Waals surface area contributed by atoms with E-state index in [2.05, 4.69) is 0 Å². The van der Waals surface area contributed by atoms with Gasteiger partial charge < -0.3 is 18.9 Å². The Labute approximate surface area is 164 Å². The van der Waals surface area contributed by atoms with E-state index in [9.17, 15) is 8.42 Å². The van der Waals surface area contributed by atoms with Crippen LogP contribution in [0.15, 0.2) is 47.4 Å². The number of fused-ring (bicyclic) bond motifs is 2. The molecule has 0 aliphatic carbocycles. The second kappa shape index (κ2) is 7.89. The van der Waals surface area contributed by atoms with Crippen molar-refractivity contribution in [3.8, 4) is 23.0 Å². The lowest BCUT2D eigenvalue weighted by Crippen LogP contribution is -2.44. The first-order valence-corrected chi connectivity index (χ1v) is 10.8. The molecule has 2 heterocycles. The monoisotopic (exact) mass is 405 g/mol. The summed E-state index contributed by atoms with van der Waals surface area (Å²) >= 11 is 0. The largest absolute Gasteiger partial charge is 0.486 e. The van der Waals surface area contributed by atoms with Gasteiger partial charge in [0.1, 0.15) is 25.9 Å². The predicted molar refractivity (Wildman–Crippen MR) is 103 cm³/mol. The molecule has 0 N–H and O–H groups in total. The first-order chi connectivity index (χ1) is 13.6. The van der Waals surface area contributed by atoms with Crippen LogP contribution in [-0.2, 0) is 10.0 Å². The van der Waals surface area contributed by atoms with E-state index in [1.54, 1.807) is 12.1 Å². The summed E-state index contributed by atoms with van der Waals surface area (Å²) in [6.45, 7) is 3.70. The summed E-state index contributed by atoms with van der Waals surface area (Å²) < 4.78 is 50.7. The zero-order valence-corrected chi connectivity index (χ0v) is 16.5. The van der Waals surface area contributed by atoms with Crippen LogP contribution in [0.5, 0.6) is 23.0 Å². The van der Waals surface area contributed by atoms with Crippen LogP contribution in [0.4, 0.5) is 0 Å². The lowest BCUT2D eigenvalue weighted by Gasteiger charge is -2.31. The Balaban J connectivity index is 1.55. The van der Waals surface area contributed by atoms with Crippen LogP contribution in [0.3, 0.4) is 0 Å². The summed E-state index contributed by atoms with van der Waals surface area (Å²) in [6, 6.07) is 12.1. The summed E-state index contributed by atoms with van der Waals surface area (Å²) in [5.74, 6) is 2.32. The van der Waals surface area contributed by atoms with Gasteiger partial charge in [0.05, 0.1) is 11.4 Å². The molecule has 1 atom stereocenters. The van der Waals surface area contributed by atoms with E-state index >= 15 is 0 Å². The topological polar surface area (TPSA) is 74.3 Å². The first kappa shape index (κ1) is 18.9. The molecule has 2 aromatic rings. The van der Waals surface area contributed by atoms with Crippen LogP contribution in [0.25, 0.3) is 0 Å². The Kier molecular flexibility index (Phi) is 5.32. The van der Waals surface area contributed by atoms with E-state index in [1.165, 1.54) is 10.4 Å². The number of nitrogens with zero attached hydrogens (tertiary/aromatic N) is 1. The van der Waals surface area contributed by atoms with Crippen molar-refractivity contribution in [3.05, 3.63) is 42.5 Å². The smallest absolute Gasteiger partial charge is 0.243 e. The molecule has 0 spiro atoms. The van der Waals surface area contributed by atoms with Gasteiger partial charge in [0, 0.05) is 12.6 Å². The SMILES string of the molecule is CCCN(C[C@@H]1COc2ccccc2O1)S(=O)(=O)c1ccc2c(c1)OCCO2. The van der Waals surface area contributed by atoms with Gasteiger partial charge in [0.2, 0.25) is 10.0 Å². The van der Waals surface area contributed by atoms with Crippen molar-refractivity contribution < 1.29 is 27.4 Å². The molecule has 2 aromatic carbocycles. The van der Waals surface area contributed by atoms with Gasteiger partial charge in [-0.1, -0.05) is 19.1 Å². The molecule has 28 heavy (non-hydrogen) atoms. The molecule has 2 aliphatic rings. The van der Waals surface area contributed by atoms with E-state index in [-0.39, 0.29) is 17.5 Å². The Morgan fingerprint density at radius 2 is 1.68 bits per heavy atom. The molecular weight excluding hydrogens is 382 g/mol. The third-order valence-corrected chi connectivity index (χ3v) is 6.46. The van der Waals surface area contributed by atoms with Gasteiger partial charge in [-0.25, -0.2) is 8.42 Å². The molecule has 8 heteroatoms. The molecule has 0 amide bonds. The van der Waals surface area contributed by atoms with Crippen LogP contribution < -0.4 is 18.9 Å². The Morgan fingerprint density at radius 3 is 2.46 bits per heavy atom. The van der Waals surface area contributed by atoms with Crippen molar-refractivity contribution in [1.82, 2.24) is 4.31 Å². The van der Waals surface area contributed by atoms with Crippen molar-refractivity contribution >= 4 is 10.0 Å². The molecule has 0 bridgehead atoms. The minimum absolute atomic E-state index is 0.183. The molecular formula is C20H23NO6S. The summed E-state index contributed by atoms with van der Waals surface area (Å²) in [4.78, 5) is 0.183. The van der Waals surface area contributed by atoms with Gasteiger partial charge in [-0.3, -0.25) is 0 Å². The highest BCUT2D eigenvalue weighted by Crippen LogP contribution is 2.34. The molecule has 0 unspecified atom stereocenters. The molecule has 0 saturated carbocycles. The fraction of sp³-hybridized carbons (Fsp3) is 0.400. The molecule has 7 nitrogen and oxygen atoms in total. The highest BCUT2D eigenvalue weighted by molar-refractivity contribution is 7.89. The van der Waals surface area contributed by atoms with Crippen molar-refractivity contribution in [1.29, 1.82) is 0 Å². The van der Waals surface area contributed by atoms with E-state index < -0.39 is 10.0 Å². The molecule has 2 aliphatic heterocycles. The van der Waals surface area contributed by atoms with E-state index in [0.717, 1.165) is 0 Å². The van der Waals surface area contributed by atoms with Crippen LogP contribution >= 0.6 is 0 Å². The number of para-hydroxylation sites is 2. The van der Waals surface area contributed by atoms with E-state index in [0.29, 0.717) is 55.8 Å². The van der Waals surface area contributed by atoms with Crippen LogP contribution in [0.1, 0.15) is 13.3 Å². The zero-order chi connectivity index (χ0) is 19.6. The fourth-order valence-electron chi connectivity index (χ4n) is 3.27. The van der Waals surface area contributed by atoms with Crippen LogP contribution in [0, 0.1) is 0 Å². The third-order valence-electron chi connectivity index (χ3n) is 4.60. The highest BCUT2D eigenvalue weighted by Gasteiger charge is 2.31. The minimum atomic E-state index is -3.71. The summed E-state index contributed by atoms with van der Waals surface area (Å²) in [7, 11) is -3.71. The molecule has 0 aromatic heterocycles. The summed E-state index contributed by atoms with van der Waals surface area (Å²) in [5, 5.41) is 0. The average Bonchev–Trinajstić information content (AvgIpc) is 2.73. The van der Waals surface area contributed by atoms with Crippen molar-refractivity contribution in [2.24, 2.45) is 0 Å². The normalized spacial score (nSPS) is 18.1. The maximum atomic E-state index is 13.3. The van der Waals surface area contributed by atoms with Crippen molar-refractivity contribution in [2.45, 2.75) is 24.3 Å². The summed E-state index contributed by atoms with van der Waals surface area (Å²) in [6.07, 6.45) is 0.307. The predicted octanol–water partition coefficient (Wildman–Crippen LogP) is 2.70. The lowest BCUT2D eigenvalue weighted by molar-refractivity contribution is 0.0764. The second-order valence-electron chi connectivity index (χ2n) is 6.67. The number of hydrogen-bond donors (Lipinski definition) is 0. The molecule has 0 saturated heterocycles. The van der Waals surface area contributed by atoms with Crippen LogP contribution in [-0.4, -0.2) is 51.7 Å². The Bertz CT molecular complexity index is 945. The van der Waals surface area contributed by atoms with Crippen molar-refractivity contribution in [3.63, 3.8) is 0 Å². The molecule has 150 valence electrons. The molecule has 0 radical (unpaired) electrons. The molecule has 0 fully saturated rings. The van der Waals surface area contributed by atoms with Gasteiger partial charge in [0.15, 0.2) is 23.0 Å². The zero-order valence-electron chi connectivity index (χ0n) is 15.7. The number of hydrogen-bond acceptors (Lipinski definition) is 6. The average molecular weight is 405 g/mol. The highest BCUT2D eigenvalue weighted by atomic mass is 32.2. The Hall–Kier alpha value is -2.45. The van der Waals surface area contributed by atoms with E-state index in [4.69, 9.17) is 18.9 Å². The van der Waals surface area contributed by atoms with Gasteiger partial charge in [-0.05, 0) is 30.7 Å². The van der Waals surface area contributed by atoms with Crippen molar-refractivity contribution in [2.75, 3.05) is 32.9 Å². The fourth-order valence-corrected chi connectivity index (χ4v) is 4.85. The second-order valence-corrected chi connectivity index (χ2v) is 8.60. The molecule has 4 rings (SSSR count). The maximum Gasteiger partial charge on any atom is 0.243 e. The number of benzene rings is 2. The standard InChI is InChI=1S/C20H23NO6S/c1-2-9-21(13-15-14-26-17-5-3-4-6-19(17)27-15)28(22,23)16-7-8-18-20(12-16)25-11-10-24-18/h3-8,12,15H,2,9-11,13-14H2,1H3/t15-/m1/s1. The van der Waals surface area contributed by atoms with Crippen LogP contribution in [0.2, 0.25) is 0 Å². The van der Waals surface area contributed by atoms with Gasteiger partial charge in [-0.15, -0.1) is 0 Å². The van der Waals surface area contributed by atoms with Gasteiger partial charge in [0.25, 0.3) is 0 Å². The number of rotatable bonds is 6. The quantitative estimate of drug-likeness (QED) is 0.736. The Morgan fingerprint density at radius 1 is 0.964 bits per heavy atom. The maximum absolute atomic E-state index is 13.3. The number of ether oxygens (including phenoxy) is 4. The third kappa shape index (κ3) is 3.74.